The lowest BCUT2D eigenvalue weighted by atomic mass is 9.97. The number of thiophene rings is 1. The Morgan fingerprint density at radius 1 is 1.21 bits per heavy atom. The summed E-state index contributed by atoms with van der Waals surface area (Å²) in [6.07, 6.45) is 1.12. The summed E-state index contributed by atoms with van der Waals surface area (Å²) in [6.45, 7) is 7.40. The first kappa shape index (κ1) is 14.6. The molecule has 1 aromatic heterocycles. The Hall–Kier alpha value is -0.830. The quantitative estimate of drug-likeness (QED) is 0.808. The molecule has 0 fully saturated rings. The van der Waals surface area contributed by atoms with Crippen molar-refractivity contribution in [3.8, 4) is 0 Å². The van der Waals surface area contributed by atoms with E-state index in [-0.39, 0.29) is 6.04 Å². The molecule has 3 heteroatoms. The molecule has 0 aliphatic rings. The lowest BCUT2D eigenvalue weighted by Gasteiger charge is -2.20. The van der Waals surface area contributed by atoms with Gasteiger partial charge < -0.3 is 5.32 Å². The number of hydrogen-bond donors (Lipinski definition) is 1. The molecule has 1 heterocycles. The van der Waals surface area contributed by atoms with Crippen molar-refractivity contribution in [1.82, 2.24) is 5.32 Å². The maximum Gasteiger partial charge on any atom is 0.0588 e. The lowest BCUT2D eigenvalue weighted by molar-refractivity contribution is 0.598. The summed E-state index contributed by atoms with van der Waals surface area (Å²) < 4.78 is 0. The largest absolute Gasteiger partial charge is 0.306 e. The van der Waals surface area contributed by atoms with Crippen LogP contribution >= 0.6 is 22.9 Å². The lowest BCUT2D eigenvalue weighted by Crippen LogP contribution is -2.23. The van der Waals surface area contributed by atoms with Crippen molar-refractivity contribution < 1.29 is 0 Å². The van der Waals surface area contributed by atoms with Crippen molar-refractivity contribution in [2.75, 3.05) is 6.54 Å². The first-order valence-electron chi connectivity index (χ1n) is 6.65. The summed E-state index contributed by atoms with van der Waals surface area (Å²) in [6, 6.07) is 6.59. The summed E-state index contributed by atoms with van der Waals surface area (Å²) in [7, 11) is 0. The monoisotopic (exact) mass is 293 g/mol. The average Bonchev–Trinajstić information content (AvgIpc) is 2.80. The van der Waals surface area contributed by atoms with E-state index < -0.39 is 0 Å². The Morgan fingerprint density at radius 3 is 2.58 bits per heavy atom. The van der Waals surface area contributed by atoms with Crippen LogP contribution in [-0.2, 0) is 0 Å². The molecule has 0 amide bonds. The van der Waals surface area contributed by atoms with Crippen molar-refractivity contribution in [1.29, 1.82) is 0 Å². The van der Waals surface area contributed by atoms with Crippen LogP contribution in [0.15, 0.2) is 29.0 Å². The minimum atomic E-state index is 0.240. The van der Waals surface area contributed by atoms with Crippen LogP contribution in [0.4, 0.5) is 0 Å². The van der Waals surface area contributed by atoms with E-state index in [4.69, 9.17) is 11.6 Å². The van der Waals surface area contributed by atoms with Gasteiger partial charge in [-0.25, -0.2) is 0 Å². The maximum absolute atomic E-state index is 6.27. The molecule has 102 valence electrons. The van der Waals surface area contributed by atoms with Crippen molar-refractivity contribution >= 4 is 22.9 Å². The van der Waals surface area contributed by atoms with E-state index >= 15 is 0 Å². The van der Waals surface area contributed by atoms with Crippen LogP contribution < -0.4 is 5.32 Å². The van der Waals surface area contributed by atoms with Gasteiger partial charge in [0.2, 0.25) is 0 Å². The third-order valence-electron chi connectivity index (χ3n) is 3.33. The molecule has 0 spiro atoms. The minimum Gasteiger partial charge on any atom is -0.306 e. The predicted molar refractivity (Wildman–Crippen MR) is 85.4 cm³/mol. The van der Waals surface area contributed by atoms with Crippen LogP contribution in [0.3, 0.4) is 0 Å². The highest BCUT2D eigenvalue weighted by atomic mass is 35.5. The second-order valence-electron chi connectivity index (χ2n) is 4.91. The van der Waals surface area contributed by atoms with Gasteiger partial charge in [0.05, 0.1) is 6.04 Å². The molecule has 0 radical (unpaired) electrons. The zero-order valence-electron chi connectivity index (χ0n) is 11.7. The molecule has 0 saturated carbocycles. The van der Waals surface area contributed by atoms with E-state index in [0.717, 1.165) is 23.6 Å². The van der Waals surface area contributed by atoms with E-state index in [9.17, 15) is 0 Å². The van der Waals surface area contributed by atoms with Crippen LogP contribution in [0.25, 0.3) is 0 Å². The Morgan fingerprint density at radius 2 is 2.00 bits per heavy atom. The number of benzene rings is 1. The normalized spacial score (nSPS) is 12.6. The second-order valence-corrected chi connectivity index (χ2v) is 6.06. The van der Waals surface area contributed by atoms with Crippen LogP contribution in [0.2, 0.25) is 5.02 Å². The van der Waals surface area contributed by atoms with Gasteiger partial charge in [0, 0.05) is 5.02 Å². The third kappa shape index (κ3) is 3.38. The predicted octanol–water partition coefficient (Wildman–Crippen LogP) is 5.11. The molecule has 1 atom stereocenters. The van der Waals surface area contributed by atoms with E-state index in [1.807, 2.05) is 6.92 Å². The Kier molecular flexibility index (Phi) is 5.03. The molecular weight excluding hydrogens is 274 g/mol. The minimum absolute atomic E-state index is 0.240. The summed E-state index contributed by atoms with van der Waals surface area (Å²) in [5, 5.41) is 8.90. The van der Waals surface area contributed by atoms with Gasteiger partial charge in [0.25, 0.3) is 0 Å². The Labute approximate surface area is 124 Å². The standard InChI is InChI=1S/C16H20ClNS/c1-4-7-18-16(14-10-19-9-12(14)3)13-6-5-11(2)15(17)8-13/h5-6,8-10,16,18H,4,7H2,1-3H3. The van der Waals surface area contributed by atoms with Gasteiger partial charge in [-0.05, 0) is 65.9 Å². The molecule has 1 N–H and O–H groups in total. The smallest absolute Gasteiger partial charge is 0.0588 e. The van der Waals surface area contributed by atoms with Gasteiger partial charge in [-0.1, -0.05) is 30.7 Å². The Balaban J connectivity index is 2.37. The van der Waals surface area contributed by atoms with Crippen LogP contribution in [-0.4, -0.2) is 6.54 Å². The highest BCUT2D eigenvalue weighted by Gasteiger charge is 2.16. The summed E-state index contributed by atoms with van der Waals surface area (Å²) in [5.74, 6) is 0. The van der Waals surface area contributed by atoms with Gasteiger partial charge in [-0.15, -0.1) is 0 Å². The van der Waals surface area contributed by atoms with E-state index in [1.54, 1.807) is 11.3 Å². The van der Waals surface area contributed by atoms with Gasteiger partial charge >= 0.3 is 0 Å². The molecule has 2 rings (SSSR count). The number of nitrogens with one attached hydrogen (secondary N) is 1. The SMILES string of the molecule is CCCNC(c1ccc(C)c(Cl)c1)c1cscc1C. The van der Waals surface area contributed by atoms with Crippen molar-refractivity contribution in [3.63, 3.8) is 0 Å². The van der Waals surface area contributed by atoms with Gasteiger partial charge in [0.1, 0.15) is 0 Å². The van der Waals surface area contributed by atoms with E-state index in [1.165, 1.54) is 16.7 Å². The molecule has 0 aliphatic carbocycles. The maximum atomic E-state index is 6.27. The van der Waals surface area contributed by atoms with Gasteiger partial charge in [-0.3, -0.25) is 0 Å². The second kappa shape index (κ2) is 6.56. The van der Waals surface area contributed by atoms with Crippen LogP contribution in [0, 0.1) is 13.8 Å². The molecule has 1 unspecified atom stereocenters. The van der Waals surface area contributed by atoms with Gasteiger partial charge in [0.15, 0.2) is 0 Å². The average molecular weight is 294 g/mol. The molecule has 19 heavy (non-hydrogen) atoms. The first-order valence-corrected chi connectivity index (χ1v) is 7.97. The zero-order chi connectivity index (χ0) is 13.8. The van der Waals surface area contributed by atoms with Gasteiger partial charge in [-0.2, -0.15) is 11.3 Å². The van der Waals surface area contributed by atoms with E-state index in [0.29, 0.717) is 0 Å². The molecule has 0 bridgehead atoms. The molecule has 1 nitrogen and oxygen atoms in total. The first-order chi connectivity index (χ1) is 9.13. The fourth-order valence-electron chi connectivity index (χ4n) is 2.15. The van der Waals surface area contributed by atoms with Crippen LogP contribution in [0.5, 0.6) is 0 Å². The summed E-state index contributed by atoms with van der Waals surface area (Å²) in [4.78, 5) is 0. The zero-order valence-corrected chi connectivity index (χ0v) is 13.2. The number of rotatable bonds is 5. The molecule has 0 aliphatic heterocycles. The highest BCUT2D eigenvalue weighted by molar-refractivity contribution is 7.08. The fraction of sp³-hybridized carbons (Fsp3) is 0.375. The Bertz CT molecular complexity index is 547. The van der Waals surface area contributed by atoms with Crippen LogP contribution in [0.1, 0.15) is 41.6 Å². The summed E-state index contributed by atoms with van der Waals surface area (Å²) in [5.41, 5.74) is 5.07. The highest BCUT2D eigenvalue weighted by Crippen LogP contribution is 2.30. The molecule has 2 aromatic rings. The molecular formula is C16H20ClNS. The van der Waals surface area contributed by atoms with Crippen molar-refractivity contribution in [2.24, 2.45) is 0 Å². The summed E-state index contributed by atoms with van der Waals surface area (Å²) >= 11 is 8.02. The number of aryl methyl sites for hydroxylation is 2. The molecule has 1 aromatic carbocycles. The third-order valence-corrected chi connectivity index (χ3v) is 4.62. The van der Waals surface area contributed by atoms with Crippen molar-refractivity contribution in [2.45, 2.75) is 33.2 Å². The van der Waals surface area contributed by atoms with Crippen molar-refractivity contribution in [3.05, 3.63) is 56.2 Å². The van der Waals surface area contributed by atoms with E-state index in [2.05, 4.69) is 48.1 Å². The topological polar surface area (TPSA) is 12.0 Å². The number of halogens is 1. The molecule has 0 saturated heterocycles. The fourth-order valence-corrected chi connectivity index (χ4v) is 3.22. The number of hydrogen-bond acceptors (Lipinski definition) is 2.